The van der Waals surface area contributed by atoms with Crippen molar-refractivity contribution >= 4 is 17.4 Å². The van der Waals surface area contributed by atoms with Gasteiger partial charge in [0.05, 0.1) is 16.9 Å². The number of aromatic nitrogens is 3. The molecular formula is C23H22N6O. The van der Waals surface area contributed by atoms with Crippen LogP contribution in [0.3, 0.4) is 0 Å². The molecule has 4 rings (SSSR count). The maximum atomic E-state index is 12.0. The Morgan fingerprint density at radius 1 is 1.20 bits per heavy atom. The van der Waals surface area contributed by atoms with E-state index in [-0.39, 0.29) is 11.8 Å². The van der Waals surface area contributed by atoms with Gasteiger partial charge in [0, 0.05) is 44.4 Å². The van der Waals surface area contributed by atoms with Crippen LogP contribution in [0.2, 0.25) is 0 Å². The van der Waals surface area contributed by atoms with Crippen molar-refractivity contribution in [1.29, 1.82) is 5.26 Å². The van der Waals surface area contributed by atoms with Crippen molar-refractivity contribution in [1.82, 2.24) is 15.0 Å². The van der Waals surface area contributed by atoms with Crippen LogP contribution in [0.5, 0.6) is 0 Å². The second-order valence-corrected chi connectivity index (χ2v) is 7.59. The van der Waals surface area contributed by atoms with E-state index in [0.717, 1.165) is 35.5 Å². The monoisotopic (exact) mass is 398 g/mol. The highest BCUT2D eigenvalue weighted by molar-refractivity contribution is 5.95. The van der Waals surface area contributed by atoms with Gasteiger partial charge in [0.1, 0.15) is 17.7 Å². The van der Waals surface area contributed by atoms with Gasteiger partial charge in [-0.05, 0) is 42.7 Å². The SMILES string of the molecule is CN(C)c1ccc(Cc2nccc(-c3ccc(NC(=O)C4CC4)c(C#N)c3)n2)cn1. The molecule has 7 heteroatoms. The fraction of sp³-hybridized carbons (Fsp3) is 0.261. The number of nitrogens with zero attached hydrogens (tertiary/aromatic N) is 5. The van der Waals surface area contributed by atoms with Gasteiger partial charge in [-0.15, -0.1) is 0 Å². The Kier molecular flexibility index (Phi) is 5.40. The summed E-state index contributed by atoms with van der Waals surface area (Å²) in [5.41, 5.74) is 3.52. The van der Waals surface area contributed by atoms with Crippen LogP contribution in [0.15, 0.2) is 48.8 Å². The molecule has 0 radical (unpaired) electrons. The zero-order valence-corrected chi connectivity index (χ0v) is 17.0. The highest BCUT2D eigenvalue weighted by Crippen LogP contribution is 2.31. The lowest BCUT2D eigenvalue weighted by atomic mass is 10.1. The average Bonchev–Trinajstić information content (AvgIpc) is 3.60. The van der Waals surface area contributed by atoms with E-state index in [2.05, 4.69) is 26.3 Å². The number of hydrogen-bond donors (Lipinski definition) is 1. The molecule has 1 N–H and O–H groups in total. The Bertz CT molecular complexity index is 1110. The van der Waals surface area contributed by atoms with Gasteiger partial charge in [-0.3, -0.25) is 4.79 Å². The van der Waals surface area contributed by atoms with Gasteiger partial charge >= 0.3 is 0 Å². The molecule has 2 aromatic heterocycles. The fourth-order valence-corrected chi connectivity index (χ4v) is 3.10. The fourth-order valence-electron chi connectivity index (χ4n) is 3.10. The van der Waals surface area contributed by atoms with Gasteiger partial charge in [-0.1, -0.05) is 12.1 Å². The number of carbonyl (C=O) groups is 1. The quantitative estimate of drug-likeness (QED) is 0.684. The van der Waals surface area contributed by atoms with E-state index in [1.54, 1.807) is 18.3 Å². The normalized spacial score (nSPS) is 12.8. The van der Waals surface area contributed by atoms with Gasteiger partial charge in [0.15, 0.2) is 0 Å². The van der Waals surface area contributed by atoms with Crippen molar-refractivity contribution in [2.75, 3.05) is 24.3 Å². The van der Waals surface area contributed by atoms with Crippen molar-refractivity contribution in [3.8, 4) is 17.3 Å². The van der Waals surface area contributed by atoms with E-state index in [1.807, 2.05) is 49.5 Å². The van der Waals surface area contributed by atoms with Crippen molar-refractivity contribution in [2.24, 2.45) is 5.92 Å². The third-order valence-electron chi connectivity index (χ3n) is 4.98. The van der Waals surface area contributed by atoms with Gasteiger partial charge in [-0.25, -0.2) is 15.0 Å². The Balaban J connectivity index is 1.54. The summed E-state index contributed by atoms with van der Waals surface area (Å²) in [6, 6.07) is 13.3. The highest BCUT2D eigenvalue weighted by atomic mass is 16.2. The highest BCUT2D eigenvalue weighted by Gasteiger charge is 2.30. The van der Waals surface area contributed by atoms with Crippen LogP contribution in [0.25, 0.3) is 11.3 Å². The van der Waals surface area contributed by atoms with Crippen LogP contribution in [-0.4, -0.2) is 35.0 Å². The minimum Gasteiger partial charge on any atom is -0.363 e. The number of carbonyl (C=O) groups excluding carboxylic acids is 1. The summed E-state index contributed by atoms with van der Waals surface area (Å²) in [6.45, 7) is 0. The van der Waals surface area contributed by atoms with Crippen LogP contribution in [0.4, 0.5) is 11.5 Å². The molecule has 0 bridgehead atoms. The molecule has 2 heterocycles. The molecule has 0 aliphatic heterocycles. The minimum absolute atomic E-state index is 0.0162. The van der Waals surface area contributed by atoms with E-state index < -0.39 is 0 Å². The summed E-state index contributed by atoms with van der Waals surface area (Å²) in [5, 5.41) is 12.4. The molecule has 3 aromatic rings. The first-order chi connectivity index (χ1) is 14.5. The van der Waals surface area contributed by atoms with Crippen LogP contribution >= 0.6 is 0 Å². The molecule has 1 saturated carbocycles. The van der Waals surface area contributed by atoms with Crippen LogP contribution < -0.4 is 10.2 Å². The molecule has 1 amide bonds. The summed E-state index contributed by atoms with van der Waals surface area (Å²) in [5.74, 6) is 1.64. The zero-order valence-electron chi connectivity index (χ0n) is 17.0. The molecule has 7 nitrogen and oxygen atoms in total. The summed E-state index contributed by atoms with van der Waals surface area (Å²) < 4.78 is 0. The Morgan fingerprint density at radius 3 is 2.70 bits per heavy atom. The van der Waals surface area contributed by atoms with Crippen LogP contribution in [-0.2, 0) is 11.2 Å². The molecule has 0 spiro atoms. The van der Waals surface area contributed by atoms with Crippen molar-refractivity contribution < 1.29 is 4.79 Å². The number of nitrogens with one attached hydrogen (secondary N) is 1. The standard InChI is InChI=1S/C23H22N6O/c1-29(2)22-8-3-15(14-26-22)11-21-25-10-9-20(27-21)17-6-7-19(18(12-17)13-24)28-23(30)16-4-5-16/h3,6-10,12,14,16H,4-5,11H2,1-2H3,(H,28,30). The summed E-state index contributed by atoms with van der Waals surface area (Å²) >= 11 is 0. The largest absolute Gasteiger partial charge is 0.363 e. The maximum absolute atomic E-state index is 12.0. The molecule has 1 aromatic carbocycles. The first kappa shape index (κ1) is 19.5. The first-order valence-electron chi connectivity index (χ1n) is 9.83. The maximum Gasteiger partial charge on any atom is 0.227 e. The van der Waals surface area contributed by atoms with E-state index in [1.165, 1.54) is 0 Å². The summed E-state index contributed by atoms with van der Waals surface area (Å²) in [7, 11) is 3.90. The third-order valence-corrected chi connectivity index (χ3v) is 4.98. The predicted octanol–water partition coefficient (Wildman–Crippen LogP) is 3.42. The second-order valence-electron chi connectivity index (χ2n) is 7.59. The lowest BCUT2D eigenvalue weighted by molar-refractivity contribution is -0.117. The van der Waals surface area contributed by atoms with Crippen LogP contribution in [0.1, 0.15) is 29.8 Å². The Morgan fingerprint density at radius 2 is 2.03 bits per heavy atom. The number of pyridine rings is 1. The molecule has 1 fully saturated rings. The molecule has 0 atom stereocenters. The molecule has 150 valence electrons. The lowest BCUT2D eigenvalue weighted by Crippen LogP contribution is -2.14. The zero-order chi connectivity index (χ0) is 21.1. The van der Waals surface area contributed by atoms with E-state index in [9.17, 15) is 10.1 Å². The third kappa shape index (κ3) is 4.44. The van der Waals surface area contributed by atoms with E-state index in [0.29, 0.717) is 23.5 Å². The second kappa shape index (κ2) is 8.29. The number of benzene rings is 1. The molecule has 0 saturated heterocycles. The molecular weight excluding hydrogens is 376 g/mol. The Hall–Kier alpha value is -3.79. The molecule has 1 aliphatic rings. The number of nitriles is 1. The smallest absolute Gasteiger partial charge is 0.227 e. The van der Waals surface area contributed by atoms with Crippen molar-refractivity contribution in [2.45, 2.75) is 19.3 Å². The molecule has 30 heavy (non-hydrogen) atoms. The predicted molar refractivity (Wildman–Crippen MR) is 115 cm³/mol. The minimum atomic E-state index is -0.0162. The van der Waals surface area contributed by atoms with Gasteiger partial charge < -0.3 is 10.2 Å². The van der Waals surface area contributed by atoms with Gasteiger partial charge in [0.2, 0.25) is 5.91 Å². The van der Waals surface area contributed by atoms with Crippen molar-refractivity contribution in [3.05, 3.63) is 65.7 Å². The Labute approximate surface area is 175 Å². The van der Waals surface area contributed by atoms with Crippen LogP contribution in [0, 0.1) is 17.2 Å². The lowest BCUT2D eigenvalue weighted by Gasteiger charge is -2.11. The molecule has 1 aliphatic carbocycles. The number of amides is 1. The topological polar surface area (TPSA) is 94.8 Å². The van der Waals surface area contributed by atoms with Gasteiger partial charge in [0.25, 0.3) is 0 Å². The average molecular weight is 398 g/mol. The van der Waals surface area contributed by atoms with E-state index in [4.69, 9.17) is 0 Å². The van der Waals surface area contributed by atoms with E-state index >= 15 is 0 Å². The summed E-state index contributed by atoms with van der Waals surface area (Å²) in [6.07, 6.45) is 5.95. The number of rotatable bonds is 6. The number of anilines is 2. The molecule has 0 unspecified atom stereocenters. The van der Waals surface area contributed by atoms with Crippen molar-refractivity contribution in [3.63, 3.8) is 0 Å². The number of hydrogen-bond acceptors (Lipinski definition) is 6. The van der Waals surface area contributed by atoms with Gasteiger partial charge in [-0.2, -0.15) is 5.26 Å². The first-order valence-corrected chi connectivity index (χ1v) is 9.83. The summed E-state index contributed by atoms with van der Waals surface area (Å²) in [4.78, 5) is 27.4.